The van der Waals surface area contributed by atoms with Crippen LogP contribution in [0.3, 0.4) is 0 Å². The first-order chi connectivity index (χ1) is 12.8. The molecule has 2 aromatic rings. The second kappa shape index (κ2) is 9.13. The summed E-state index contributed by atoms with van der Waals surface area (Å²) < 4.78 is 35.3. The summed E-state index contributed by atoms with van der Waals surface area (Å²) in [7, 11) is 2.37. The number of esters is 2. The molecule has 1 amide bonds. The van der Waals surface area contributed by atoms with E-state index in [1.165, 1.54) is 38.5 Å². The van der Waals surface area contributed by atoms with Crippen molar-refractivity contribution in [3.8, 4) is 0 Å². The molecule has 1 N–H and O–H groups in total. The highest BCUT2D eigenvalue weighted by atomic mass is 32.2. The molecule has 0 aliphatic carbocycles. The maximum Gasteiger partial charge on any atom is 0.337 e. The van der Waals surface area contributed by atoms with Gasteiger partial charge in [0.25, 0.3) is 0 Å². The van der Waals surface area contributed by atoms with Crippen molar-refractivity contribution in [3.05, 3.63) is 59.2 Å². The Bertz CT molecular complexity index is 854. The summed E-state index contributed by atoms with van der Waals surface area (Å²) in [5.74, 6) is -3.92. The van der Waals surface area contributed by atoms with Crippen LogP contribution >= 0.6 is 11.8 Å². The molecule has 9 heteroatoms. The molecular formula is C18H15F2NO5S. The van der Waals surface area contributed by atoms with E-state index in [2.05, 4.69) is 14.8 Å². The van der Waals surface area contributed by atoms with Gasteiger partial charge in [0.1, 0.15) is 0 Å². The number of carbonyl (C=O) groups is 3. The minimum atomic E-state index is -1.01. The van der Waals surface area contributed by atoms with Gasteiger partial charge in [-0.2, -0.15) is 0 Å². The van der Waals surface area contributed by atoms with Gasteiger partial charge in [0, 0.05) is 10.6 Å². The third-order valence-corrected chi connectivity index (χ3v) is 4.31. The van der Waals surface area contributed by atoms with Crippen molar-refractivity contribution in [2.45, 2.75) is 4.90 Å². The molecular weight excluding hydrogens is 380 g/mol. The fourth-order valence-electron chi connectivity index (χ4n) is 2.08. The van der Waals surface area contributed by atoms with Gasteiger partial charge in [0.05, 0.1) is 31.1 Å². The van der Waals surface area contributed by atoms with Crippen molar-refractivity contribution in [3.63, 3.8) is 0 Å². The number of methoxy groups -OCH3 is 2. The molecule has 0 heterocycles. The Labute approximate surface area is 157 Å². The molecule has 0 saturated carbocycles. The first-order valence-corrected chi connectivity index (χ1v) is 8.52. The van der Waals surface area contributed by atoms with Gasteiger partial charge in [-0.1, -0.05) is 0 Å². The second-order valence-electron chi connectivity index (χ2n) is 5.19. The highest BCUT2D eigenvalue weighted by Gasteiger charge is 2.15. The van der Waals surface area contributed by atoms with E-state index in [0.29, 0.717) is 4.90 Å². The third kappa shape index (κ3) is 5.52. The Kier molecular flexibility index (Phi) is 6.89. The van der Waals surface area contributed by atoms with Crippen molar-refractivity contribution in [1.82, 2.24) is 0 Å². The molecule has 0 saturated heterocycles. The van der Waals surface area contributed by atoms with Crippen LogP contribution in [-0.2, 0) is 14.3 Å². The molecule has 27 heavy (non-hydrogen) atoms. The van der Waals surface area contributed by atoms with Crippen molar-refractivity contribution < 1.29 is 32.6 Å². The molecule has 0 aliphatic heterocycles. The van der Waals surface area contributed by atoms with Gasteiger partial charge in [-0.25, -0.2) is 18.4 Å². The number of carbonyl (C=O) groups excluding carboxylic acids is 3. The molecule has 0 aromatic heterocycles. The fourth-order valence-corrected chi connectivity index (χ4v) is 2.80. The maximum absolute atomic E-state index is 13.2. The molecule has 0 spiro atoms. The van der Waals surface area contributed by atoms with Gasteiger partial charge < -0.3 is 14.8 Å². The SMILES string of the molecule is COC(=O)c1cc(NC(=O)CSc2ccc(F)c(F)c2)cc(C(=O)OC)c1. The van der Waals surface area contributed by atoms with Crippen LogP contribution < -0.4 is 5.32 Å². The second-order valence-corrected chi connectivity index (χ2v) is 6.24. The molecule has 0 atom stereocenters. The summed E-state index contributed by atoms with van der Waals surface area (Å²) in [6, 6.07) is 7.28. The summed E-state index contributed by atoms with van der Waals surface area (Å²) >= 11 is 0.999. The van der Waals surface area contributed by atoms with Gasteiger partial charge in [-0.15, -0.1) is 11.8 Å². The van der Waals surface area contributed by atoms with Crippen LogP contribution in [0.25, 0.3) is 0 Å². The minimum Gasteiger partial charge on any atom is -0.465 e. The molecule has 0 unspecified atom stereocenters. The summed E-state index contributed by atoms with van der Waals surface area (Å²) in [6.07, 6.45) is 0. The lowest BCUT2D eigenvalue weighted by Gasteiger charge is -2.09. The highest BCUT2D eigenvalue weighted by Crippen LogP contribution is 2.22. The number of amides is 1. The lowest BCUT2D eigenvalue weighted by atomic mass is 10.1. The first-order valence-electron chi connectivity index (χ1n) is 7.53. The van der Waals surface area contributed by atoms with Crippen LogP contribution in [0.15, 0.2) is 41.3 Å². The number of benzene rings is 2. The minimum absolute atomic E-state index is 0.0592. The molecule has 2 rings (SSSR count). The smallest absolute Gasteiger partial charge is 0.337 e. The number of hydrogen-bond acceptors (Lipinski definition) is 6. The van der Waals surface area contributed by atoms with E-state index in [1.54, 1.807) is 0 Å². The van der Waals surface area contributed by atoms with Crippen molar-refractivity contribution in [2.75, 3.05) is 25.3 Å². The standard InChI is InChI=1S/C18H15F2NO5S/c1-25-17(23)10-5-11(18(24)26-2)7-12(6-10)21-16(22)9-27-13-3-4-14(19)15(20)8-13/h3-8H,9H2,1-2H3,(H,21,22). The number of ether oxygens (including phenoxy) is 2. The molecule has 0 fully saturated rings. The van der Waals surface area contributed by atoms with Crippen LogP contribution in [0.5, 0.6) is 0 Å². The average molecular weight is 395 g/mol. The monoisotopic (exact) mass is 395 g/mol. The molecule has 0 radical (unpaired) electrons. The zero-order valence-corrected chi connectivity index (χ0v) is 15.2. The predicted octanol–water partition coefficient (Wildman–Crippen LogP) is 3.27. The molecule has 2 aromatic carbocycles. The van der Waals surface area contributed by atoms with Crippen molar-refractivity contribution in [2.24, 2.45) is 0 Å². The Balaban J connectivity index is 2.12. The summed E-state index contributed by atoms with van der Waals surface area (Å²) in [5.41, 5.74) is 0.308. The number of rotatable bonds is 6. The largest absolute Gasteiger partial charge is 0.465 e. The third-order valence-electron chi connectivity index (χ3n) is 3.32. The lowest BCUT2D eigenvalue weighted by Crippen LogP contribution is -2.16. The normalized spacial score (nSPS) is 10.2. The van der Waals surface area contributed by atoms with Crippen molar-refractivity contribution in [1.29, 1.82) is 0 Å². The van der Waals surface area contributed by atoms with E-state index in [1.807, 2.05) is 0 Å². The highest BCUT2D eigenvalue weighted by molar-refractivity contribution is 8.00. The van der Waals surface area contributed by atoms with Crippen LogP contribution in [0.4, 0.5) is 14.5 Å². The summed E-state index contributed by atoms with van der Waals surface area (Å²) in [5, 5.41) is 2.53. The van der Waals surface area contributed by atoms with E-state index in [-0.39, 0.29) is 22.6 Å². The summed E-state index contributed by atoms with van der Waals surface area (Å²) in [6.45, 7) is 0. The van der Waals surface area contributed by atoms with Gasteiger partial charge in [-0.05, 0) is 36.4 Å². The van der Waals surface area contributed by atoms with E-state index in [9.17, 15) is 23.2 Å². The maximum atomic E-state index is 13.2. The van der Waals surface area contributed by atoms with Gasteiger partial charge >= 0.3 is 11.9 Å². The Morgan fingerprint density at radius 1 is 0.926 bits per heavy atom. The Hall–Kier alpha value is -2.94. The number of anilines is 1. The number of thioether (sulfide) groups is 1. The molecule has 0 aliphatic rings. The summed E-state index contributed by atoms with van der Waals surface area (Å²) in [4.78, 5) is 35.9. The first kappa shape index (κ1) is 20.4. The molecule has 142 valence electrons. The van der Waals surface area contributed by atoms with Gasteiger partial charge in [0.15, 0.2) is 11.6 Å². The molecule has 6 nitrogen and oxygen atoms in total. The van der Waals surface area contributed by atoms with Crippen molar-refractivity contribution >= 4 is 35.3 Å². The molecule has 0 bridgehead atoms. The van der Waals surface area contributed by atoms with Gasteiger partial charge in [0.2, 0.25) is 5.91 Å². The van der Waals surface area contributed by atoms with E-state index < -0.39 is 29.5 Å². The Morgan fingerprint density at radius 3 is 2.04 bits per heavy atom. The van der Waals surface area contributed by atoms with Crippen LogP contribution in [0, 0.1) is 11.6 Å². The van der Waals surface area contributed by atoms with Crippen LogP contribution in [0.1, 0.15) is 20.7 Å². The number of hydrogen-bond donors (Lipinski definition) is 1. The average Bonchev–Trinajstić information content (AvgIpc) is 2.67. The van der Waals surface area contributed by atoms with E-state index in [4.69, 9.17) is 0 Å². The van der Waals surface area contributed by atoms with E-state index in [0.717, 1.165) is 23.9 Å². The number of nitrogens with one attached hydrogen (secondary N) is 1. The Morgan fingerprint density at radius 2 is 1.52 bits per heavy atom. The predicted molar refractivity (Wildman–Crippen MR) is 94.8 cm³/mol. The van der Waals surface area contributed by atoms with E-state index >= 15 is 0 Å². The van der Waals surface area contributed by atoms with Gasteiger partial charge in [-0.3, -0.25) is 4.79 Å². The zero-order chi connectivity index (χ0) is 20.0. The fraction of sp³-hybridized carbons (Fsp3) is 0.167. The lowest BCUT2D eigenvalue weighted by molar-refractivity contribution is -0.113. The number of halogens is 2. The van der Waals surface area contributed by atoms with Crippen LogP contribution in [-0.4, -0.2) is 37.8 Å². The van der Waals surface area contributed by atoms with Crippen LogP contribution in [0.2, 0.25) is 0 Å². The quantitative estimate of drug-likeness (QED) is 0.597. The zero-order valence-electron chi connectivity index (χ0n) is 14.4. The topological polar surface area (TPSA) is 81.7 Å².